The Labute approximate surface area is 239 Å². The first kappa shape index (κ1) is 31.5. The van der Waals surface area contributed by atoms with E-state index < -0.39 is 30.7 Å². The van der Waals surface area contributed by atoms with Crippen molar-refractivity contribution in [1.82, 2.24) is 0 Å². The van der Waals surface area contributed by atoms with Gasteiger partial charge in [0.25, 0.3) is 0 Å². The van der Waals surface area contributed by atoms with E-state index in [1.165, 1.54) is 60.7 Å². The SMILES string of the molecule is Nc1cc(N)cc(C(=O)OCCCCCOC(=O)/C=C/c2ccc(OC(=O)c3ccc(OCC(F)(F)F)cc3)cc2)c1. The number of halogens is 3. The van der Waals surface area contributed by atoms with Crippen LogP contribution in [-0.2, 0) is 14.3 Å². The van der Waals surface area contributed by atoms with E-state index in [-0.39, 0.29) is 35.8 Å². The lowest BCUT2D eigenvalue weighted by Gasteiger charge is -2.09. The van der Waals surface area contributed by atoms with Crippen molar-refractivity contribution in [1.29, 1.82) is 0 Å². The highest BCUT2D eigenvalue weighted by Crippen LogP contribution is 2.20. The van der Waals surface area contributed by atoms with Crippen LogP contribution in [0.25, 0.3) is 6.08 Å². The Kier molecular flexibility index (Phi) is 11.4. The Hall–Kier alpha value is -5.00. The number of carbonyl (C=O) groups excluding carboxylic acids is 3. The summed E-state index contributed by atoms with van der Waals surface area (Å²) in [7, 11) is 0. The van der Waals surface area contributed by atoms with Crippen molar-refractivity contribution in [2.24, 2.45) is 0 Å². The van der Waals surface area contributed by atoms with Crippen molar-refractivity contribution in [2.45, 2.75) is 25.4 Å². The van der Waals surface area contributed by atoms with E-state index in [4.69, 9.17) is 25.7 Å². The summed E-state index contributed by atoms with van der Waals surface area (Å²) in [5, 5.41) is 0. The molecule has 0 radical (unpaired) electrons. The molecule has 0 spiro atoms. The van der Waals surface area contributed by atoms with Crippen LogP contribution in [0.15, 0.2) is 72.8 Å². The van der Waals surface area contributed by atoms with Crippen LogP contribution < -0.4 is 20.9 Å². The number of anilines is 2. The van der Waals surface area contributed by atoms with Crippen LogP contribution in [0.3, 0.4) is 0 Å². The maximum atomic E-state index is 12.3. The average Bonchev–Trinajstić information content (AvgIpc) is 2.94. The van der Waals surface area contributed by atoms with E-state index in [9.17, 15) is 27.6 Å². The Morgan fingerprint density at radius 3 is 1.93 bits per heavy atom. The predicted molar refractivity (Wildman–Crippen MR) is 149 cm³/mol. The van der Waals surface area contributed by atoms with Crippen LogP contribution in [0.4, 0.5) is 24.5 Å². The van der Waals surface area contributed by atoms with Gasteiger partial charge in [-0.15, -0.1) is 0 Å². The van der Waals surface area contributed by atoms with E-state index in [1.54, 1.807) is 18.2 Å². The number of ether oxygens (including phenoxy) is 4. The minimum atomic E-state index is -4.46. The number of hydrogen-bond donors (Lipinski definition) is 2. The van der Waals surface area contributed by atoms with Gasteiger partial charge >= 0.3 is 24.1 Å². The number of esters is 3. The number of nitrogens with two attached hydrogens (primary N) is 2. The third kappa shape index (κ3) is 11.2. The molecule has 9 nitrogen and oxygen atoms in total. The van der Waals surface area contributed by atoms with Crippen molar-refractivity contribution in [3.8, 4) is 11.5 Å². The Bertz CT molecular complexity index is 1370. The predicted octanol–water partition coefficient (Wildman–Crippen LogP) is 5.60. The maximum absolute atomic E-state index is 12.3. The summed E-state index contributed by atoms with van der Waals surface area (Å²) in [6.07, 6.45) is 0.204. The molecule has 0 unspecified atom stereocenters. The molecule has 3 aromatic carbocycles. The first-order valence-corrected chi connectivity index (χ1v) is 12.8. The number of alkyl halides is 3. The fourth-order valence-electron chi connectivity index (χ4n) is 3.47. The lowest BCUT2D eigenvalue weighted by molar-refractivity contribution is -0.153. The Morgan fingerprint density at radius 1 is 0.714 bits per heavy atom. The van der Waals surface area contributed by atoms with Gasteiger partial charge in [-0.3, -0.25) is 0 Å². The molecule has 0 aliphatic heterocycles. The van der Waals surface area contributed by atoms with Crippen molar-refractivity contribution in [3.05, 3.63) is 89.5 Å². The molecule has 0 aromatic heterocycles. The molecule has 0 aliphatic rings. The fourth-order valence-corrected chi connectivity index (χ4v) is 3.47. The second-order valence-corrected chi connectivity index (χ2v) is 8.97. The molecule has 0 atom stereocenters. The van der Waals surface area contributed by atoms with Gasteiger partial charge in [-0.1, -0.05) is 12.1 Å². The lowest BCUT2D eigenvalue weighted by atomic mass is 10.2. The van der Waals surface area contributed by atoms with Crippen molar-refractivity contribution < 1.29 is 46.5 Å². The maximum Gasteiger partial charge on any atom is 0.422 e. The van der Waals surface area contributed by atoms with E-state index in [1.807, 2.05) is 0 Å². The number of nitrogen functional groups attached to an aromatic ring is 2. The van der Waals surface area contributed by atoms with Crippen molar-refractivity contribution in [2.75, 3.05) is 31.3 Å². The van der Waals surface area contributed by atoms with Crippen molar-refractivity contribution in [3.63, 3.8) is 0 Å². The highest BCUT2D eigenvalue weighted by Gasteiger charge is 2.28. The first-order chi connectivity index (χ1) is 20.0. The molecule has 3 aromatic rings. The summed E-state index contributed by atoms with van der Waals surface area (Å²) in [5.74, 6) is -1.53. The summed E-state index contributed by atoms with van der Waals surface area (Å²) in [6, 6.07) is 15.9. The molecule has 0 bridgehead atoms. The third-order valence-corrected chi connectivity index (χ3v) is 5.47. The molecule has 0 saturated heterocycles. The topological polar surface area (TPSA) is 140 Å². The Morgan fingerprint density at radius 2 is 1.31 bits per heavy atom. The molecule has 0 aliphatic carbocycles. The number of unbranched alkanes of at least 4 members (excludes halogenated alkanes) is 2. The van der Waals surface area contributed by atoms with Crippen LogP contribution in [0.5, 0.6) is 11.5 Å². The molecular weight excluding hydrogens is 557 g/mol. The van der Waals surface area contributed by atoms with Gasteiger partial charge in [-0.2, -0.15) is 13.2 Å². The number of hydrogen-bond acceptors (Lipinski definition) is 9. The molecule has 222 valence electrons. The monoisotopic (exact) mass is 586 g/mol. The number of benzene rings is 3. The van der Waals surface area contributed by atoms with Gasteiger partial charge in [0.05, 0.1) is 24.3 Å². The van der Waals surface area contributed by atoms with Crippen LogP contribution in [0.2, 0.25) is 0 Å². The largest absolute Gasteiger partial charge is 0.484 e. The zero-order valence-corrected chi connectivity index (χ0v) is 22.4. The quantitative estimate of drug-likeness (QED) is 0.0862. The standard InChI is InChI=1S/C30H29F3N2O7/c31-30(32,33)19-41-25-11-7-21(8-12-25)29(38)42-26-9-4-20(5-10-26)6-13-27(36)39-14-2-1-3-15-40-28(37)22-16-23(34)18-24(35)17-22/h4-13,16-18H,1-3,14-15,19,34-35H2/b13-6+. The smallest absolute Gasteiger partial charge is 0.422 e. The van der Waals surface area contributed by atoms with Crippen molar-refractivity contribution >= 4 is 35.4 Å². The Balaban J connectivity index is 1.31. The highest BCUT2D eigenvalue weighted by molar-refractivity contribution is 5.92. The molecule has 0 heterocycles. The van der Waals surface area contributed by atoms with E-state index in [0.717, 1.165) is 0 Å². The molecule has 42 heavy (non-hydrogen) atoms. The summed E-state index contributed by atoms with van der Waals surface area (Å²) >= 11 is 0. The number of carbonyl (C=O) groups is 3. The molecule has 3 rings (SSSR count). The minimum Gasteiger partial charge on any atom is -0.484 e. The third-order valence-electron chi connectivity index (χ3n) is 5.47. The van der Waals surface area contributed by atoms with E-state index in [2.05, 4.69) is 4.74 Å². The molecule has 0 saturated carbocycles. The zero-order chi connectivity index (χ0) is 30.5. The van der Waals surface area contributed by atoms with Gasteiger partial charge in [0.1, 0.15) is 11.5 Å². The number of rotatable bonds is 13. The van der Waals surface area contributed by atoms with Gasteiger partial charge in [-0.05, 0) is 85.5 Å². The van der Waals surface area contributed by atoms with Crippen LogP contribution in [0.1, 0.15) is 45.5 Å². The second-order valence-electron chi connectivity index (χ2n) is 8.97. The minimum absolute atomic E-state index is 0.0291. The summed E-state index contributed by atoms with van der Waals surface area (Å²) in [5.41, 5.74) is 13.2. The molecular formula is C30H29F3N2O7. The molecule has 12 heteroatoms. The first-order valence-electron chi connectivity index (χ1n) is 12.8. The molecule has 4 N–H and O–H groups in total. The average molecular weight is 587 g/mol. The highest BCUT2D eigenvalue weighted by atomic mass is 19.4. The lowest BCUT2D eigenvalue weighted by Crippen LogP contribution is -2.19. The summed E-state index contributed by atoms with van der Waals surface area (Å²) in [6.45, 7) is -1.02. The second kappa shape index (κ2) is 15.1. The summed E-state index contributed by atoms with van der Waals surface area (Å²) in [4.78, 5) is 36.3. The van der Waals surface area contributed by atoms with Gasteiger partial charge in [0.2, 0.25) is 0 Å². The normalized spacial score (nSPS) is 11.2. The van der Waals surface area contributed by atoms with Crippen LogP contribution >= 0.6 is 0 Å². The molecule has 0 fully saturated rings. The van der Waals surface area contributed by atoms with Gasteiger partial charge in [-0.25, -0.2) is 14.4 Å². The molecule has 0 amide bonds. The van der Waals surface area contributed by atoms with E-state index in [0.29, 0.717) is 36.2 Å². The summed E-state index contributed by atoms with van der Waals surface area (Å²) < 4.78 is 56.9. The van der Waals surface area contributed by atoms with Crippen LogP contribution in [-0.4, -0.2) is 43.9 Å². The van der Waals surface area contributed by atoms with Gasteiger partial charge in [0, 0.05) is 17.5 Å². The van der Waals surface area contributed by atoms with Crippen LogP contribution in [0, 0.1) is 0 Å². The fraction of sp³-hybridized carbons (Fsp3) is 0.233. The van der Waals surface area contributed by atoms with E-state index >= 15 is 0 Å². The van der Waals surface area contributed by atoms with Gasteiger partial charge in [0.15, 0.2) is 6.61 Å². The zero-order valence-electron chi connectivity index (χ0n) is 22.4. The van der Waals surface area contributed by atoms with Gasteiger partial charge < -0.3 is 30.4 Å².